The second-order valence-corrected chi connectivity index (χ2v) is 6.67. The first-order valence-corrected chi connectivity index (χ1v) is 8.96. The van der Waals surface area contributed by atoms with Crippen LogP contribution in [0, 0.1) is 0 Å². The zero-order chi connectivity index (χ0) is 17.1. The van der Waals surface area contributed by atoms with E-state index in [9.17, 15) is 4.79 Å². The summed E-state index contributed by atoms with van der Waals surface area (Å²) >= 11 is 1.60. The van der Waals surface area contributed by atoms with Crippen molar-refractivity contribution in [2.45, 2.75) is 18.9 Å². The molecule has 0 saturated heterocycles. The van der Waals surface area contributed by atoms with Crippen molar-refractivity contribution in [3.8, 4) is 0 Å². The van der Waals surface area contributed by atoms with Gasteiger partial charge in [0.05, 0.1) is 12.0 Å². The van der Waals surface area contributed by atoms with E-state index in [0.717, 1.165) is 16.3 Å². The number of fused-ring (bicyclic) bond motifs is 1. The molecule has 0 aliphatic carbocycles. The number of hydrogen-bond acceptors (Lipinski definition) is 4. The van der Waals surface area contributed by atoms with Gasteiger partial charge in [0, 0.05) is 61.4 Å². The van der Waals surface area contributed by atoms with Crippen molar-refractivity contribution in [3.05, 3.63) is 66.2 Å². The van der Waals surface area contributed by atoms with Gasteiger partial charge in [0.1, 0.15) is 6.04 Å². The molecule has 1 atom stereocenters. The summed E-state index contributed by atoms with van der Waals surface area (Å²) in [5.74, 6) is -0.00757. The number of aromatic nitrogens is 5. The molecule has 4 heterocycles. The maximum absolute atomic E-state index is 12.7. The molecule has 7 nitrogen and oxygen atoms in total. The lowest BCUT2D eigenvalue weighted by atomic mass is 10.1. The fourth-order valence-corrected chi connectivity index (χ4v) is 3.54. The van der Waals surface area contributed by atoms with Crippen molar-refractivity contribution in [2.24, 2.45) is 0 Å². The van der Waals surface area contributed by atoms with Crippen molar-refractivity contribution in [2.75, 3.05) is 6.54 Å². The lowest BCUT2D eigenvalue weighted by Crippen LogP contribution is -2.34. The number of imidazole rings is 2. The van der Waals surface area contributed by atoms with E-state index in [1.807, 2.05) is 51.3 Å². The predicted octanol–water partition coefficient (Wildman–Crippen LogP) is 2.06. The number of nitrogens with zero attached hydrogens (tertiary/aromatic N) is 4. The SMILES string of the molecule is O=C(NCCc1cn2ccsc2n1)[C@H](Cc1cnc[nH]1)n1cccc1. The number of rotatable bonds is 7. The Morgan fingerprint density at radius 2 is 2.20 bits per heavy atom. The topological polar surface area (TPSA) is 80.0 Å². The summed E-state index contributed by atoms with van der Waals surface area (Å²) in [5, 5.41) is 5.03. The molecule has 0 aliphatic heterocycles. The summed E-state index contributed by atoms with van der Waals surface area (Å²) < 4.78 is 3.92. The van der Waals surface area contributed by atoms with Crippen LogP contribution in [-0.2, 0) is 17.6 Å². The molecule has 4 aromatic rings. The Balaban J connectivity index is 1.39. The standard InChI is InChI=1S/C17H18N6OS/c24-16(19-4-3-13-11-23-7-8-25-17(23)21-13)15(22-5-1-2-6-22)9-14-10-18-12-20-14/h1-2,5-8,10-12,15H,3-4,9H2,(H,18,20)(H,19,24)/t15-/m0/s1. The third-order valence-corrected chi connectivity index (χ3v) is 4.85. The Morgan fingerprint density at radius 1 is 1.32 bits per heavy atom. The van der Waals surface area contributed by atoms with Gasteiger partial charge in [-0.25, -0.2) is 9.97 Å². The summed E-state index contributed by atoms with van der Waals surface area (Å²) in [6.45, 7) is 0.560. The van der Waals surface area contributed by atoms with Crippen LogP contribution in [0.2, 0.25) is 0 Å². The summed E-state index contributed by atoms with van der Waals surface area (Å²) in [6.07, 6.45) is 12.5. The maximum atomic E-state index is 12.7. The van der Waals surface area contributed by atoms with E-state index in [1.54, 1.807) is 23.9 Å². The van der Waals surface area contributed by atoms with E-state index in [4.69, 9.17) is 0 Å². The lowest BCUT2D eigenvalue weighted by Gasteiger charge is -2.18. The van der Waals surface area contributed by atoms with Gasteiger partial charge in [0.2, 0.25) is 5.91 Å². The largest absolute Gasteiger partial charge is 0.354 e. The highest BCUT2D eigenvalue weighted by molar-refractivity contribution is 7.15. The van der Waals surface area contributed by atoms with Crippen LogP contribution in [-0.4, -0.2) is 36.4 Å². The number of H-pyrrole nitrogens is 1. The van der Waals surface area contributed by atoms with Crippen LogP contribution in [0.15, 0.2) is 54.8 Å². The summed E-state index contributed by atoms with van der Waals surface area (Å²) in [6, 6.07) is 3.54. The second-order valence-electron chi connectivity index (χ2n) is 5.79. The van der Waals surface area contributed by atoms with Gasteiger partial charge >= 0.3 is 0 Å². The Bertz CT molecular complexity index is 909. The maximum Gasteiger partial charge on any atom is 0.243 e. The second kappa shape index (κ2) is 6.94. The number of amides is 1. The highest BCUT2D eigenvalue weighted by Crippen LogP contribution is 2.14. The number of carbonyl (C=O) groups is 1. The van der Waals surface area contributed by atoms with E-state index in [1.165, 1.54) is 0 Å². The number of carbonyl (C=O) groups excluding carboxylic acids is 1. The first kappa shape index (κ1) is 15.6. The quantitative estimate of drug-likeness (QED) is 0.533. The van der Waals surface area contributed by atoms with Crippen molar-refractivity contribution in [1.82, 2.24) is 29.2 Å². The van der Waals surface area contributed by atoms with Crippen LogP contribution in [0.4, 0.5) is 0 Å². The molecule has 0 spiro atoms. The van der Waals surface area contributed by atoms with Gasteiger partial charge in [0.15, 0.2) is 4.96 Å². The van der Waals surface area contributed by atoms with Crippen LogP contribution in [0.3, 0.4) is 0 Å². The fraction of sp³-hybridized carbons (Fsp3) is 0.235. The molecule has 0 aromatic carbocycles. The molecule has 8 heteroatoms. The number of nitrogens with one attached hydrogen (secondary N) is 2. The van der Waals surface area contributed by atoms with Crippen LogP contribution in [0.1, 0.15) is 17.4 Å². The van der Waals surface area contributed by atoms with Gasteiger partial charge in [0.25, 0.3) is 0 Å². The molecule has 0 fully saturated rings. The number of aromatic amines is 1. The predicted molar refractivity (Wildman–Crippen MR) is 95.5 cm³/mol. The van der Waals surface area contributed by atoms with E-state index in [0.29, 0.717) is 19.4 Å². The Labute approximate surface area is 148 Å². The minimum Gasteiger partial charge on any atom is -0.354 e. The summed E-state index contributed by atoms with van der Waals surface area (Å²) in [5.41, 5.74) is 1.92. The van der Waals surface area contributed by atoms with Crippen LogP contribution in [0.25, 0.3) is 4.96 Å². The van der Waals surface area contributed by atoms with Crippen LogP contribution < -0.4 is 5.32 Å². The van der Waals surface area contributed by atoms with Crippen LogP contribution >= 0.6 is 11.3 Å². The molecule has 4 aromatic heterocycles. The smallest absolute Gasteiger partial charge is 0.243 e. The Kier molecular flexibility index (Phi) is 4.34. The zero-order valence-electron chi connectivity index (χ0n) is 13.5. The van der Waals surface area contributed by atoms with Crippen LogP contribution in [0.5, 0.6) is 0 Å². The highest BCUT2D eigenvalue weighted by atomic mass is 32.1. The van der Waals surface area contributed by atoms with E-state index < -0.39 is 0 Å². The minimum atomic E-state index is -0.305. The molecular formula is C17H18N6OS. The average molecular weight is 354 g/mol. The molecule has 0 saturated carbocycles. The molecule has 0 aliphatic rings. The molecule has 128 valence electrons. The fourth-order valence-electron chi connectivity index (χ4n) is 2.82. The first-order chi connectivity index (χ1) is 12.3. The minimum absolute atomic E-state index is 0.00757. The molecular weight excluding hydrogens is 336 g/mol. The van der Waals surface area contributed by atoms with Gasteiger partial charge in [-0.05, 0) is 12.1 Å². The molecule has 2 N–H and O–H groups in total. The molecule has 0 radical (unpaired) electrons. The number of thiazole rings is 1. The van der Waals surface area contributed by atoms with E-state index in [2.05, 4.69) is 20.3 Å². The first-order valence-electron chi connectivity index (χ1n) is 8.08. The van der Waals surface area contributed by atoms with Gasteiger partial charge in [-0.3, -0.25) is 9.20 Å². The van der Waals surface area contributed by atoms with Crippen molar-refractivity contribution in [3.63, 3.8) is 0 Å². The lowest BCUT2D eigenvalue weighted by molar-refractivity contribution is -0.124. The monoisotopic (exact) mass is 354 g/mol. The van der Waals surface area contributed by atoms with E-state index in [-0.39, 0.29) is 11.9 Å². The van der Waals surface area contributed by atoms with E-state index >= 15 is 0 Å². The zero-order valence-corrected chi connectivity index (χ0v) is 14.3. The highest BCUT2D eigenvalue weighted by Gasteiger charge is 2.20. The average Bonchev–Trinajstić information content (AvgIpc) is 3.35. The molecule has 4 rings (SSSR count). The number of hydrogen-bond donors (Lipinski definition) is 2. The summed E-state index contributed by atoms with van der Waals surface area (Å²) in [7, 11) is 0. The van der Waals surface area contributed by atoms with Gasteiger partial charge in [-0.1, -0.05) is 0 Å². The van der Waals surface area contributed by atoms with Crippen molar-refractivity contribution in [1.29, 1.82) is 0 Å². The summed E-state index contributed by atoms with van der Waals surface area (Å²) in [4.78, 5) is 25.3. The van der Waals surface area contributed by atoms with Gasteiger partial charge in [-0.15, -0.1) is 11.3 Å². The third-order valence-electron chi connectivity index (χ3n) is 4.08. The Morgan fingerprint density at radius 3 is 2.96 bits per heavy atom. The molecule has 0 unspecified atom stereocenters. The van der Waals surface area contributed by atoms with Crippen molar-refractivity contribution < 1.29 is 4.79 Å². The molecule has 1 amide bonds. The molecule has 0 bridgehead atoms. The van der Waals surface area contributed by atoms with Gasteiger partial charge < -0.3 is 14.9 Å². The Hall–Kier alpha value is -2.87. The molecule has 25 heavy (non-hydrogen) atoms. The van der Waals surface area contributed by atoms with Gasteiger partial charge in [-0.2, -0.15) is 0 Å². The van der Waals surface area contributed by atoms with Crippen molar-refractivity contribution >= 4 is 22.2 Å². The third kappa shape index (κ3) is 3.48. The normalized spacial score (nSPS) is 12.5.